The Morgan fingerprint density at radius 1 is 1.27 bits per heavy atom. The number of amides is 1. The molecule has 3 N–H and O–H groups in total. The summed E-state index contributed by atoms with van der Waals surface area (Å²) in [6.07, 6.45) is 10.1. The lowest BCUT2D eigenvalue weighted by Gasteiger charge is -2.40. The van der Waals surface area contributed by atoms with Crippen molar-refractivity contribution in [2.24, 2.45) is 0 Å². The molecule has 1 aliphatic carbocycles. The van der Waals surface area contributed by atoms with Gasteiger partial charge in [-0.15, -0.1) is 5.10 Å². The third-order valence-corrected chi connectivity index (χ3v) is 8.40. The minimum atomic E-state index is -0.922. The van der Waals surface area contributed by atoms with E-state index in [1.54, 1.807) is 29.8 Å². The predicted molar refractivity (Wildman–Crippen MR) is 152 cm³/mol. The summed E-state index contributed by atoms with van der Waals surface area (Å²) in [5, 5.41) is 33.4. The standard InChI is InChI=1S/C29H43N7O4/c1-19(17-40-5)32-27-30-15-25-23(13-24(36(25)33-27)20-7-9-22(37)10-8-20)21-14-31-35(16-21)28(2,3)26(38)34-12-6-11-29(4,39)18-34/h13-16,19-20,22,37,39H,6-12,17-18H2,1-5H3,(H,32,33)/t19-,20?,22?,29?/m0/s1. The first kappa shape index (κ1) is 28.5. The van der Waals surface area contributed by atoms with Crippen molar-refractivity contribution < 1.29 is 19.7 Å². The highest BCUT2D eigenvalue weighted by molar-refractivity contribution is 5.85. The van der Waals surface area contributed by atoms with Crippen molar-refractivity contribution >= 4 is 17.4 Å². The summed E-state index contributed by atoms with van der Waals surface area (Å²) in [5.41, 5.74) is 1.98. The second-order valence-corrected chi connectivity index (χ2v) is 12.4. The first-order valence-corrected chi connectivity index (χ1v) is 14.4. The number of likely N-dealkylation sites (tertiary alicyclic amines) is 1. The van der Waals surface area contributed by atoms with Gasteiger partial charge in [-0.2, -0.15) is 5.10 Å². The zero-order chi connectivity index (χ0) is 28.7. The van der Waals surface area contributed by atoms with E-state index in [1.807, 2.05) is 37.7 Å². The molecule has 5 rings (SSSR count). The van der Waals surface area contributed by atoms with Gasteiger partial charge in [0.1, 0.15) is 5.54 Å². The van der Waals surface area contributed by atoms with Crippen LogP contribution in [0.15, 0.2) is 24.7 Å². The molecule has 11 heteroatoms. The largest absolute Gasteiger partial charge is 0.393 e. The van der Waals surface area contributed by atoms with Crippen molar-refractivity contribution in [1.29, 1.82) is 0 Å². The maximum Gasteiger partial charge on any atom is 0.250 e. The number of nitrogens with zero attached hydrogens (tertiary/aromatic N) is 6. The number of aromatic nitrogens is 5. The van der Waals surface area contributed by atoms with Crippen molar-refractivity contribution in [3.8, 4) is 11.1 Å². The number of carbonyl (C=O) groups excluding carboxylic acids is 1. The normalized spacial score (nSPS) is 24.8. The number of ether oxygens (including phenoxy) is 1. The van der Waals surface area contributed by atoms with E-state index in [9.17, 15) is 15.0 Å². The minimum Gasteiger partial charge on any atom is -0.393 e. The number of fused-ring (bicyclic) bond motifs is 1. The summed E-state index contributed by atoms with van der Waals surface area (Å²) in [7, 11) is 1.67. The van der Waals surface area contributed by atoms with Gasteiger partial charge in [0.25, 0.3) is 0 Å². The number of hydrogen-bond donors (Lipinski definition) is 3. The SMILES string of the molecule is COC[C@H](C)Nc1ncc2c(-c3cnn(C(C)(C)C(=O)N4CCCC(C)(O)C4)c3)cc(C3CCC(O)CC3)n2n1. The molecule has 0 aromatic carbocycles. The quantitative estimate of drug-likeness (QED) is 0.388. The summed E-state index contributed by atoms with van der Waals surface area (Å²) in [6, 6.07) is 2.21. The smallest absolute Gasteiger partial charge is 0.250 e. The van der Waals surface area contributed by atoms with E-state index in [-0.39, 0.29) is 24.0 Å². The maximum absolute atomic E-state index is 13.6. The second kappa shape index (κ2) is 11.1. The lowest BCUT2D eigenvalue weighted by Crippen LogP contribution is -2.54. The number of piperidine rings is 1. The van der Waals surface area contributed by atoms with Gasteiger partial charge in [-0.3, -0.25) is 9.48 Å². The van der Waals surface area contributed by atoms with Gasteiger partial charge in [0, 0.05) is 55.2 Å². The molecule has 1 aliphatic heterocycles. The molecule has 1 saturated carbocycles. The number of β-amino-alcohol motifs (C(OH)–C–C–N with tert-alkyl or cyclic N) is 1. The Morgan fingerprint density at radius 3 is 2.73 bits per heavy atom. The van der Waals surface area contributed by atoms with Crippen LogP contribution in [0.4, 0.5) is 5.95 Å². The topological polar surface area (TPSA) is 130 Å². The zero-order valence-electron chi connectivity index (χ0n) is 24.3. The Balaban J connectivity index is 1.48. The fourth-order valence-electron chi connectivity index (χ4n) is 6.13. The number of hydrogen-bond acceptors (Lipinski definition) is 8. The van der Waals surface area contributed by atoms with Crippen LogP contribution in [0.5, 0.6) is 0 Å². The number of rotatable bonds is 8. The zero-order valence-corrected chi connectivity index (χ0v) is 24.3. The Kier molecular flexibility index (Phi) is 7.91. The fourth-order valence-corrected chi connectivity index (χ4v) is 6.13. The molecule has 1 saturated heterocycles. The molecule has 0 radical (unpaired) electrons. The van der Waals surface area contributed by atoms with Gasteiger partial charge in [-0.05, 0) is 72.3 Å². The van der Waals surface area contributed by atoms with Gasteiger partial charge >= 0.3 is 0 Å². The van der Waals surface area contributed by atoms with E-state index in [0.29, 0.717) is 32.1 Å². The number of aliphatic hydroxyl groups is 2. The molecular weight excluding hydrogens is 510 g/mol. The van der Waals surface area contributed by atoms with E-state index in [1.165, 1.54) is 0 Å². The first-order chi connectivity index (χ1) is 19.0. The van der Waals surface area contributed by atoms with Gasteiger partial charge in [-0.25, -0.2) is 9.50 Å². The summed E-state index contributed by atoms with van der Waals surface area (Å²) in [5.74, 6) is 0.731. The molecule has 40 heavy (non-hydrogen) atoms. The van der Waals surface area contributed by atoms with E-state index in [2.05, 4.69) is 21.5 Å². The lowest BCUT2D eigenvalue weighted by atomic mass is 9.85. The number of methoxy groups -OCH3 is 1. The summed E-state index contributed by atoms with van der Waals surface area (Å²) >= 11 is 0. The van der Waals surface area contributed by atoms with Gasteiger partial charge in [0.05, 0.1) is 36.2 Å². The molecule has 2 aliphatic rings. The highest BCUT2D eigenvalue weighted by Gasteiger charge is 2.39. The molecule has 1 amide bonds. The van der Waals surface area contributed by atoms with Gasteiger partial charge < -0.3 is 25.2 Å². The monoisotopic (exact) mass is 553 g/mol. The number of carbonyl (C=O) groups is 1. The molecule has 218 valence electrons. The Bertz CT molecular complexity index is 1340. The lowest BCUT2D eigenvalue weighted by molar-refractivity contribution is -0.146. The van der Waals surface area contributed by atoms with Gasteiger partial charge in [0.2, 0.25) is 11.9 Å². The molecule has 11 nitrogen and oxygen atoms in total. The summed E-state index contributed by atoms with van der Waals surface area (Å²) in [6.45, 7) is 9.03. The molecule has 0 spiro atoms. The highest BCUT2D eigenvalue weighted by atomic mass is 16.5. The average molecular weight is 554 g/mol. The second-order valence-electron chi connectivity index (χ2n) is 12.4. The van der Waals surface area contributed by atoms with Crippen LogP contribution in [0.2, 0.25) is 0 Å². The van der Waals surface area contributed by atoms with E-state index >= 15 is 0 Å². The molecule has 3 aromatic rings. The van der Waals surface area contributed by atoms with Crippen LogP contribution in [-0.4, -0.2) is 90.0 Å². The van der Waals surface area contributed by atoms with Crippen LogP contribution < -0.4 is 5.32 Å². The third kappa shape index (κ3) is 5.73. The summed E-state index contributed by atoms with van der Waals surface area (Å²) < 4.78 is 8.94. The van der Waals surface area contributed by atoms with Crippen molar-refractivity contribution in [3.63, 3.8) is 0 Å². The summed E-state index contributed by atoms with van der Waals surface area (Å²) in [4.78, 5) is 19.9. The maximum atomic E-state index is 13.6. The van der Waals surface area contributed by atoms with Gasteiger partial charge in [-0.1, -0.05) is 0 Å². The number of anilines is 1. The number of aliphatic hydroxyl groups excluding tert-OH is 1. The van der Waals surface area contributed by atoms with Crippen LogP contribution >= 0.6 is 0 Å². The Morgan fingerprint density at radius 2 is 2.02 bits per heavy atom. The van der Waals surface area contributed by atoms with Crippen molar-refractivity contribution in [2.75, 3.05) is 32.1 Å². The Labute approximate surface area is 235 Å². The first-order valence-electron chi connectivity index (χ1n) is 14.4. The highest BCUT2D eigenvalue weighted by Crippen LogP contribution is 2.38. The average Bonchev–Trinajstić information content (AvgIpc) is 3.54. The van der Waals surface area contributed by atoms with E-state index < -0.39 is 11.1 Å². The van der Waals surface area contributed by atoms with Crippen LogP contribution in [0.25, 0.3) is 16.6 Å². The predicted octanol–water partition coefficient (Wildman–Crippen LogP) is 3.17. The van der Waals surface area contributed by atoms with Crippen molar-refractivity contribution in [2.45, 2.75) is 95.4 Å². The van der Waals surface area contributed by atoms with E-state index in [4.69, 9.17) is 9.84 Å². The van der Waals surface area contributed by atoms with Crippen molar-refractivity contribution in [3.05, 3.63) is 30.4 Å². The van der Waals surface area contributed by atoms with Gasteiger partial charge in [0.15, 0.2) is 0 Å². The van der Waals surface area contributed by atoms with Crippen LogP contribution in [0.3, 0.4) is 0 Å². The molecular formula is C29H43N7O4. The molecule has 4 heterocycles. The molecule has 1 unspecified atom stereocenters. The molecule has 2 fully saturated rings. The molecule has 2 atom stereocenters. The minimum absolute atomic E-state index is 0.0485. The molecule has 0 bridgehead atoms. The third-order valence-electron chi connectivity index (χ3n) is 8.40. The number of nitrogens with one attached hydrogen (secondary N) is 1. The molecule has 3 aromatic heterocycles. The van der Waals surface area contributed by atoms with Crippen LogP contribution in [0.1, 0.15) is 77.8 Å². The van der Waals surface area contributed by atoms with E-state index in [0.717, 1.165) is 54.4 Å². The van der Waals surface area contributed by atoms with Crippen molar-refractivity contribution in [1.82, 2.24) is 29.3 Å². The fraction of sp³-hybridized carbons (Fsp3) is 0.655. The van der Waals surface area contributed by atoms with Crippen LogP contribution in [-0.2, 0) is 15.1 Å². The van der Waals surface area contributed by atoms with Crippen LogP contribution in [0, 0.1) is 0 Å². The Hall–Kier alpha value is -3.02.